The van der Waals surface area contributed by atoms with Crippen molar-refractivity contribution in [1.82, 2.24) is 4.90 Å². The van der Waals surface area contributed by atoms with Crippen molar-refractivity contribution in [2.75, 3.05) is 26.2 Å². The van der Waals surface area contributed by atoms with Crippen LogP contribution in [-0.2, 0) is 11.3 Å². The number of fused-ring (bicyclic) bond motifs is 5. The van der Waals surface area contributed by atoms with Crippen LogP contribution >= 0.6 is 0 Å². The van der Waals surface area contributed by atoms with Gasteiger partial charge in [-0.05, 0) is 95.4 Å². The van der Waals surface area contributed by atoms with E-state index < -0.39 is 0 Å². The molecule has 2 aliphatic rings. The summed E-state index contributed by atoms with van der Waals surface area (Å²) in [5.74, 6) is 0.796. The molecule has 35 heavy (non-hydrogen) atoms. The Bertz CT molecular complexity index is 1360. The zero-order valence-electron chi connectivity index (χ0n) is 19.5. The van der Waals surface area contributed by atoms with Gasteiger partial charge in [-0.2, -0.15) is 0 Å². The Morgan fingerprint density at radius 3 is 2.54 bits per heavy atom. The molecule has 1 N–H and O–H groups in total. The van der Waals surface area contributed by atoms with Gasteiger partial charge in [0.05, 0.1) is 6.61 Å². The number of benzene rings is 4. The van der Waals surface area contributed by atoms with Gasteiger partial charge >= 0.3 is 0 Å². The van der Waals surface area contributed by atoms with Gasteiger partial charge in [-0.3, -0.25) is 4.90 Å². The molecule has 0 aliphatic carbocycles. The Morgan fingerprint density at radius 1 is 0.914 bits per heavy atom. The second kappa shape index (κ2) is 9.33. The number of ether oxygens (including phenoxy) is 2. The largest absolute Gasteiger partial charge is 0.508 e. The van der Waals surface area contributed by atoms with Crippen molar-refractivity contribution in [3.05, 3.63) is 95.3 Å². The van der Waals surface area contributed by atoms with Crippen molar-refractivity contribution in [2.45, 2.75) is 25.6 Å². The van der Waals surface area contributed by atoms with Crippen molar-refractivity contribution in [2.24, 2.45) is 0 Å². The van der Waals surface area contributed by atoms with Gasteiger partial charge in [0.25, 0.3) is 0 Å². The van der Waals surface area contributed by atoms with Crippen LogP contribution in [-0.4, -0.2) is 36.2 Å². The van der Waals surface area contributed by atoms with Crippen LogP contribution in [0.25, 0.3) is 21.9 Å². The molecule has 0 bridgehead atoms. The van der Waals surface area contributed by atoms with Gasteiger partial charge in [-0.25, -0.2) is 4.39 Å². The smallest absolute Gasteiger partial charge is 0.123 e. The molecule has 0 radical (unpaired) electrons. The number of halogens is 1. The number of hydrogen-bond acceptors (Lipinski definition) is 4. The fourth-order valence-electron chi connectivity index (χ4n) is 5.36. The molecule has 4 nitrogen and oxygen atoms in total. The Labute approximate surface area is 204 Å². The minimum absolute atomic E-state index is 0.224. The summed E-state index contributed by atoms with van der Waals surface area (Å²) in [7, 11) is 0. The lowest BCUT2D eigenvalue weighted by Crippen LogP contribution is -2.25. The Morgan fingerprint density at radius 2 is 1.71 bits per heavy atom. The van der Waals surface area contributed by atoms with Gasteiger partial charge in [0, 0.05) is 12.1 Å². The summed E-state index contributed by atoms with van der Waals surface area (Å²) < 4.78 is 26.5. The molecular weight excluding hydrogens is 441 g/mol. The van der Waals surface area contributed by atoms with E-state index in [0.29, 0.717) is 13.2 Å². The van der Waals surface area contributed by atoms with Crippen LogP contribution in [0.1, 0.15) is 35.6 Å². The minimum Gasteiger partial charge on any atom is -0.508 e. The average molecular weight is 470 g/mol. The lowest BCUT2D eigenvalue weighted by molar-refractivity contribution is 0.0700. The predicted octanol–water partition coefficient (Wildman–Crippen LogP) is 6.45. The van der Waals surface area contributed by atoms with Crippen LogP contribution in [0.5, 0.6) is 11.5 Å². The lowest BCUT2D eigenvalue weighted by Gasteiger charge is -2.21. The third kappa shape index (κ3) is 4.38. The summed E-state index contributed by atoms with van der Waals surface area (Å²) in [4.78, 5) is 2.44. The van der Waals surface area contributed by atoms with Crippen LogP contribution in [0.3, 0.4) is 0 Å². The summed E-state index contributed by atoms with van der Waals surface area (Å²) in [5.41, 5.74) is 4.85. The van der Waals surface area contributed by atoms with Gasteiger partial charge in [0.2, 0.25) is 0 Å². The van der Waals surface area contributed by atoms with Gasteiger partial charge in [0.15, 0.2) is 0 Å². The van der Waals surface area contributed by atoms with Crippen molar-refractivity contribution in [3.63, 3.8) is 0 Å². The fourth-order valence-corrected chi connectivity index (χ4v) is 5.36. The van der Waals surface area contributed by atoms with Crippen LogP contribution in [0.4, 0.5) is 4.39 Å². The van der Waals surface area contributed by atoms with Crippen molar-refractivity contribution >= 4 is 10.8 Å². The van der Waals surface area contributed by atoms with E-state index in [1.165, 1.54) is 32.0 Å². The lowest BCUT2D eigenvalue weighted by atomic mass is 9.88. The predicted molar refractivity (Wildman–Crippen MR) is 135 cm³/mol. The molecule has 0 spiro atoms. The Kier molecular flexibility index (Phi) is 5.88. The highest BCUT2D eigenvalue weighted by Crippen LogP contribution is 2.44. The number of rotatable bonds is 5. The molecule has 0 amide bonds. The number of aromatic hydroxyl groups is 1. The van der Waals surface area contributed by atoms with E-state index in [0.717, 1.165) is 50.9 Å². The molecule has 1 saturated heterocycles. The molecule has 1 fully saturated rings. The first-order valence-corrected chi connectivity index (χ1v) is 12.3. The number of phenolic OH excluding ortho intramolecular Hbond substituents is 1. The first kappa shape index (κ1) is 22.1. The summed E-state index contributed by atoms with van der Waals surface area (Å²) in [5, 5.41) is 12.0. The number of nitrogens with zero attached hydrogens (tertiary/aromatic N) is 1. The van der Waals surface area contributed by atoms with Crippen LogP contribution in [0.15, 0.2) is 72.8 Å². The molecule has 4 aromatic rings. The zero-order valence-corrected chi connectivity index (χ0v) is 19.5. The highest BCUT2D eigenvalue weighted by molar-refractivity contribution is 5.94. The van der Waals surface area contributed by atoms with Crippen LogP contribution < -0.4 is 4.74 Å². The van der Waals surface area contributed by atoms with Gasteiger partial charge in [-0.1, -0.05) is 36.4 Å². The quantitative estimate of drug-likeness (QED) is 0.365. The first-order chi connectivity index (χ1) is 17.2. The normalized spacial score (nSPS) is 17.7. The van der Waals surface area contributed by atoms with Gasteiger partial charge < -0.3 is 14.6 Å². The summed E-state index contributed by atoms with van der Waals surface area (Å²) in [6.07, 6.45) is 2.22. The number of phenols is 1. The zero-order chi connectivity index (χ0) is 23.8. The standard InChI is InChI=1S/C30H28FNO3/c31-23-6-11-26-22(17-23)19-35-30(29-27-12-7-24(33)18-21(27)5-10-28(26)29)20-3-8-25(9-4-20)34-16-15-32-13-1-2-14-32/h3-12,17-18,30,33H,1-2,13-16,19H2. The molecule has 5 heteroatoms. The van der Waals surface area contributed by atoms with Crippen molar-refractivity contribution < 1.29 is 19.0 Å². The molecule has 178 valence electrons. The highest BCUT2D eigenvalue weighted by atomic mass is 19.1. The molecule has 2 aliphatic heterocycles. The highest BCUT2D eigenvalue weighted by Gasteiger charge is 2.27. The topological polar surface area (TPSA) is 41.9 Å². The maximum Gasteiger partial charge on any atom is 0.123 e. The van der Waals surface area contributed by atoms with Crippen LogP contribution in [0, 0.1) is 5.82 Å². The second-order valence-corrected chi connectivity index (χ2v) is 9.39. The summed E-state index contributed by atoms with van der Waals surface area (Å²) in [6.45, 7) is 4.27. The van der Waals surface area contributed by atoms with Crippen LogP contribution in [0.2, 0.25) is 0 Å². The average Bonchev–Trinajstić information content (AvgIpc) is 3.33. The Balaban J connectivity index is 1.36. The number of likely N-dealkylation sites (tertiary alicyclic amines) is 1. The molecular formula is C30H28FNO3. The van der Waals surface area contributed by atoms with E-state index in [2.05, 4.69) is 17.0 Å². The molecule has 6 rings (SSSR count). The minimum atomic E-state index is -0.340. The van der Waals surface area contributed by atoms with E-state index >= 15 is 0 Å². The molecule has 0 aromatic heterocycles. The number of hydrogen-bond donors (Lipinski definition) is 1. The third-order valence-electron chi connectivity index (χ3n) is 7.13. The van der Waals surface area contributed by atoms with E-state index in [1.54, 1.807) is 18.2 Å². The molecule has 0 saturated carbocycles. The first-order valence-electron chi connectivity index (χ1n) is 12.3. The molecule has 1 unspecified atom stereocenters. The van der Waals surface area contributed by atoms with Crippen molar-refractivity contribution in [3.8, 4) is 22.6 Å². The summed E-state index contributed by atoms with van der Waals surface area (Å²) >= 11 is 0. The van der Waals surface area contributed by atoms with E-state index in [4.69, 9.17) is 9.47 Å². The van der Waals surface area contributed by atoms with E-state index in [-0.39, 0.29) is 17.7 Å². The fraction of sp³-hybridized carbons (Fsp3) is 0.267. The second-order valence-electron chi connectivity index (χ2n) is 9.39. The maximum absolute atomic E-state index is 14.1. The molecule has 4 aromatic carbocycles. The van der Waals surface area contributed by atoms with E-state index in [9.17, 15) is 9.50 Å². The monoisotopic (exact) mass is 469 g/mol. The third-order valence-corrected chi connectivity index (χ3v) is 7.13. The Hall–Kier alpha value is -3.41. The maximum atomic E-state index is 14.1. The van der Waals surface area contributed by atoms with E-state index in [1.807, 2.05) is 36.4 Å². The van der Waals surface area contributed by atoms with Gasteiger partial charge in [0.1, 0.15) is 30.0 Å². The van der Waals surface area contributed by atoms with Gasteiger partial charge in [-0.15, -0.1) is 0 Å². The SMILES string of the molecule is Oc1ccc2c3c(ccc2c1)-c1ccc(F)cc1COC3c1ccc(OCCN2CCCC2)cc1. The van der Waals surface area contributed by atoms with Crippen molar-refractivity contribution in [1.29, 1.82) is 0 Å². The molecule has 2 heterocycles. The molecule has 1 atom stereocenters. The summed E-state index contributed by atoms with van der Waals surface area (Å²) in [6, 6.07) is 22.4.